The first-order valence-electron chi connectivity index (χ1n) is 14.6. The molecule has 3 rings (SSSR count). The third kappa shape index (κ3) is 7.91. The molecule has 1 fully saturated rings. The quantitative estimate of drug-likeness (QED) is 0.236. The number of aliphatic carboxylic acids is 1. The van der Waals surface area contributed by atoms with E-state index in [4.69, 9.17) is 19.9 Å². The van der Waals surface area contributed by atoms with E-state index < -0.39 is 11.9 Å². The second-order valence-electron chi connectivity index (χ2n) is 12.1. The molecular formula is C31H49N3O6. The number of carboxylic acids is 1. The predicted octanol–water partition coefficient (Wildman–Crippen LogP) is 4.64. The first kappa shape index (κ1) is 31.7. The van der Waals surface area contributed by atoms with Crippen LogP contribution in [0.5, 0.6) is 17.2 Å². The minimum Gasteiger partial charge on any atom is -0.493 e. The fourth-order valence-electron chi connectivity index (χ4n) is 6.26. The number of carbonyl (C=O) groups excluding carboxylic acids is 1. The van der Waals surface area contributed by atoms with E-state index >= 15 is 0 Å². The van der Waals surface area contributed by atoms with Crippen molar-refractivity contribution in [2.45, 2.75) is 78.7 Å². The van der Waals surface area contributed by atoms with Crippen molar-refractivity contribution in [3.05, 3.63) is 29.3 Å². The number of nitrogens with zero attached hydrogens (tertiary/aromatic N) is 2. The van der Waals surface area contributed by atoms with E-state index in [-0.39, 0.29) is 36.6 Å². The molecule has 0 saturated carbocycles. The Morgan fingerprint density at radius 2 is 1.93 bits per heavy atom. The Bertz CT molecular complexity index is 1050. The smallest absolute Gasteiger partial charge is 0.308 e. The first-order valence-corrected chi connectivity index (χ1v) is 14.6. The van der Waals surface area contributed by atoms with Crippen LogP contribution >= 0.6 is 0 Å². The highest BCUT2D eigenvalue weighted by Gasteiger charge is 2.49. The van der Waals surface area contributed by atoms with Gasteiger partial charge in [-0.1, -0.05) is 38.8 Å². The number of allylic oxidation sites excluding steroid dienone is 2. The van der Waals surface area contributed by atoms with Gasteiger partial charge in [0.2, 0.25) is 18.4 Å². The standard InChI is InChI=1S/C31H49N3O6/c1-7-8-12-33(13-10-9-11-32)27(35)19-34-18-23(22-14-25(38-6)29-26(15-22)39-20-40-29)28(30(36)37)24(34)17-31(4,5)16-21(2)3/h14-16,23-24,28H,7-13,17-20,32H2,1-6H3,(H,36,37)/t23-,24+,28?/m1/s1. The van der Waals surface area contributed by atoms with E-state index in [1.807, 2.05) is 17.0 Å². The molecule has 40 heavy (non-hydrogen) atoms. The van der Waals surface area contributed by atoms with Crippen LogP contribution in [-0.2, 0) is 9.59 Å². The number of carboxylic acid groups (broad SMARTS) is 1. The lowest BCUT2D eigenvalue weighted by Crippen LogP contribution is -2.46. The summed E-state index contributed by atoms with van der Waals surface area (Å²) in [6, 6.07) is 3.40. The first-order chi connectivity index (χ1) is 19.0. The maximum atomic E-state index is 13.7. The molecule has 224 valence electrons. The van der Waals surface area contributed by atoms with E-state index in [2.05, 4.69) is 45.6 Å². The van der Waals surface area contributed by atoms with Crippen molar-refractivity contribution in [2.24, 2.45) is 17.1 Å². The number of hydrogen-bond donors (Lipinski definition) is 2. The van der Waals surface area contributed by atoms with Gasteiger partial charge in [0.05, 0.1) is 19.6 Å². The van der Waals surface area contributed by atoms with Crippen LogP contribution in [-0.4, -0.2) is 79.5 Å². The van der Waals surface area contributed by atoms with Crippen molar-refractivity contribution in [1.29, 1.82) is 0 Å². The third-order valence-corrected chi connectivity index (χ3v) is 7.91. The summed E-state index contributed by atoms with van der Waals surface area (Å²) in [6.07, 6.45) is 6.47. The molecule has 0 radical (unpaired) electrons. The molecule has 1 aromatic rings. The van der Waals surface area contributed by atoms with Gasteiger partial charge in [-0.2, -0.15) is 0 Å². The number of amides is 1. The van der Waals surface area contributed by atoms with E-state index in [9.17, 15) is 14.7 Å². The van der Waals surface area contributed by atoms with Crippen LogP contribution in [0.3, 0.4) is 0 Å². The molecule has 0 aliphatic carbocycles. The van der Waals surface area contributed by atoms with Crippen molar-refractivity contribution in [1.82, 2.24) is 9.80 Å². The zero-order valence-corrected chi connectivity index (χ0v) is 25.2. The van der Waals surface area contributed by atoms with Crippen LogP contribution in [0.15, 0.2) is 23.8 Å². The maximum absolute atomic E-state index is 13.7. The molecule has 3 N–H and O–H groups in total. The van der Waals surface area contributed by atoms with Crippen LogP contribution in [0.4, 0.5) is 0 Å². The molecule has 2 aliphatic rings. The lowest BCUT2D eigenvalue weighted by molar-refractivity contribution is -0.144. The van der Waals surface area contributed by atoms with Crippen LogP contribution in [0.1, 0.15) is 78.2 Å². The fraction of sp³-hybridized carbons (Fsp3) is 0.677. The molecule has 0 aromatic heterocycles. The second kappa shape index (κ2) is 14.2. The van der Waals surface area contributed by atoms with Gasteiger partial charge in [-0.25, -0.2) is 0 Å². The van der Waals surface area contributed by atoms with E-state index in [0.29, 0.717) is 49.8 Å². The average Bonchev–Trinajstić information content (AvgIpc) is 3.49. The fourth-order valence-corrected chi connectivity index (χ4v) is 6.26. The van der Waals surface area contributed by atoms with Crippen LogP contribution in [0, 0.1) is 11.3 Å². The number of carbonyl (C=O) groups is 2. The number of methoxy groups -OCH3 is 1. The molecular weight excluding hydrogens is 510 g/mol. The van der Waals surface area contributed by atoms with E-state index in [1.54, 1.807) is 7.11 Å². The van der Waals surface area contributed by atoms with Gasteiger partial charge in [0.25, 0.3) is 0 Å². The van der Waals surface area contributed by atoms with Gasteiger partial charge in [0, 0.05) is 31.6 Å². The largest absolute Gasteiger partial charge is 0.493 e. The molecule has 1 unspecified atom stereocenters. The Hall–Kier alpha value is -2.78. The van der Waals surface area contributed by atoms with Crippen molar-refractivity contribution < 1.29 is 28.9 Å². The average molecular weight is 560 g/mol. The van der Waals surface area contributed by atoms with Gasteiger partial charge in [0.15, 0.2) is 11.5 Å². The zero-order valence-electron chi connectivity index (χ0n) is 25.2. The normalized spacial score (nSPS) is 20.4. The Morgan fingerprint density at radius 3 is 2.55 bits per heavy atom. The lowest BCUT2D eigenvalue weighted by atomic mass is 9.77. The lowest BCUT2D eigenvalue weighted by Gasteiger charge is -2.34. The van der Waals surface area contributed by atoms with Gasteiger partial charge in [-0.15, -0.1) is 0 Å². The van der Waals surface area contributed by atoms with E-state index in [1.165, 1.54) is 5.57 Å². The Balaban J connectivity index is 1.98. The number of ether oxygens (including phenoxy) is 3. The van der Waals surface area contributed by atoms with Gasteiger partial charge in [0.1, 0.15) is 0 Å². The number of unbranched alkanes of at least 4 members (excludes halogenated alkanes) is 2. The minimum atomic E-state index is -0.861. The van der Waals surface area contributed by atoms with Crippen molar-refractivity contribution >= 4 is 11.9 Å². The van der Waals surface area contributed by atoms with Crippen molar-refractivity contribution in [2.75, 3.05) is 46.6 Å². The molecule has 1 aromatic carbocycles. The number of rotatable bonds is 15. The molecule has 3 atom stereocenters. The maximum Gasteiger partial charge on any atom is 0.308 e. The molecule has 1 amide bonds. The molecule has 0 bridgehead atoms. The number of likely N-dealkylation sites (tertiary alicyclic amines) is 1. The van der Waals surface area contributed by atoms with Gasteiger partial charge in [-0.05, 0) is 69.2 Å². The van der Waals surface area contributed by atoms with Gasteiger partial charge >= 0.3 is 5.97 Å². The summed E-state index contributed by atoms with van der Waals surface area (Å²) in [4.78, 5) is 30.7. The van der Waals surface area contributed by atoms with Gasteiger partial charge in [-0.3, -0.25) is 14.5 Å². The van der Waals surface area contributed by atoms with E-state index in [0.717, 1.165) is 31.2 Å². The molecule has 2 heterocycles. The Kier molecular flexibility index (Phi) is 11.3. The number of nitrogens with two attached hydrogens (primary N) is 1. The van der Waals surface area contributed by atoms with Crippen LogP contribution in [0.2, 0.25) is 0 Å². The number of fused-ring (bicyclic) bond motifs is 1. The predicted molar refractivity (Wildman–Crippen MR) is 156 cm³/mol. The highest BCUT2D eigenvalue weighted by atomic mass is 16.7. The van der Waals surface area contributed by atoms with Crippen molar-refractivity contribution in [3.63, 3.8) is 0 Å². The topological polar surface area (TPSA) is 115 Å². The summed E-state index contributed by atoms with van der Waals surface area (Å²) in [5.74, 6) is -0.250. The molecule has 2 aliphatic heterocycles. The summed E-state index contributed by atoms with van der Waals surface area (Å²) in [5.41, 5.74) is 7.46. The van der Waals surface area contributed by atoms with Crippen LogP contribution < -0.4 is 19.9 Å². The Labute approximate surface area is 239 Å². The Morgan fingerprint density at radius 1 is 1.20 bits per heavy atom. The monoisotopic (exact) mass is 559 g/mol. The molecule has 9 nitrogen and oxygen atoms in total. The summed E-state index contributed by atoms with van der Waals surface area (Å²) in [7, 11) is 1.57. The summed E-state index contributed by atoms with van der Waals surface area (Å²) in [6.45, 7) is 13.2. The van der Waals surface area contributed by atoms with Crippen LogP contribution in [0.25, 0.3) is 0 Å². The minimum absolute atomic E-state index is 0.0450. The summed E-state index contributed by atoms with van der Waals surface area (Å²) in [5, 5.41) is 10.6. The summed E-state index contributed by atoms with van der Waals surface area (Å²) < 4.78 is 16.8. The molecule has 1 saturated heterocycles. The summed E-state index contributed by atoms with van der Waals surface area (Å²) >= 11 is 0. The second-order valence-corrected chi connectivity index (χ2v) is 12.1. The molecule has 0 spiro atoms. The molecule has 9 heteroatoms. The van der Waals surface area contributed by atoms with Gasteiger partial charge < -0.3 is 30.0 Å². The number of benzene rings is 1. The third-order valence-electron chi connectivity index (χ3n) is 7.91. The van der Waals surface area contributed by atoms with Crippen molar-refractivity contribution in [3.8, 4) is 17.2 Å². The highest BCUT2D eigenvalue weighted by Crippen LogP contribution is 2.48. The SMILES string of the molecule is CCCCN(CCCCN)C(=O)CN1C[C@H](c2cc(OC)c3c(c2)OCO3)C(C(=O)O)[C@@H]1CC(C)(C)C=C(C)C. The highest BCUT2D eigenvalue weighted by molar-refractivity contribution is 5.79. The number of hydrogen-bond acceptors (Lipinski definition) is 7. The zero-order chi connectivity index (χ0) is 29.4.